The highest BCUT2D eigenvalue weighted by Gasteiger charge is 2.09. The molecule has 0 aromatic heterocycles. The second-order valence-corrected chi connectivity index (χ2v) is 3.34. The van der Waals surface area contributed by atoms with Crippen LogP contribution in [-0.2, 0) is 4.74 Å². The van der Waals surface area contributed by atoms with Crippen molar-refractivity contribution in [2.24, 2.45) is 0 Å². The monoisotopic (exact) mass is 226 g/mol. The third-order valence-corrected chi connectivity index (χ3v) is 2.53. The second-order valence-electron chi connectivity index (χ2n) is 3.34. The molecule has 16 heavy (non-hydrogen) atoms. The molecule has 0 spiro atoms. The van der Waals surface area contributed by atoms with E-state index in [1.807, 2.05) is 27.7 Å². The molecule has 0 unspecified atom stereocenters. The molecule has 0 bridgehead atoms. The summed E-state index contributed by atoms with van der Waals surface area (Å²) in [5, 5.41) is 0. The number of allylic oxidation sites excluding steroid dienone is 2. The molecular formula is C15H30O. The summed E-state index contributed by atoms with van der Waals surface area (Å²) in [4.78, 5) is 0. The number of rotatable bonds is 2. The molecule has 1 heterocycles. The summed E-state index contributed by atoms with van der Waals surface area (Å²) >= 11 is 0. The topological polar surface area (TPSA) is 9.23 Å². The fourth-order valence-corrected chi connectivity index (χ4v) is 1.47. The molecule has 0 aromatic rings. The molecule has 0 aromatic carbocycles. The van der Waals surface area contributed by atoms with E-state index in [9.17, 15) is 0 Å². The number of ether oxygens (including phenoxy) is 1. The van der Waals surface area contributed by atoms with Crippen LogP contribution in [0.3, 0.4) is 0 Å². The van der Waals surface area contributed by atoms with Gasteiger partial charge in [-0.05, 0) is 37.3 Å². The van der Waals surface area contributed by atoms with Crippen molar-refractivity contribution in [1.82, 2.24) is 0 Å². The van der Waals surface area contributed by atoms with Gasteiger partial charge in [0, 0.05) is 6.61 Å². The van der Waals surface area contributed by atoms with Crippen molar-refractivity contribution < 1.29 is 4.74 Å². The molecule has 1 nitrogen and oxygen atoms in total. The molecule has 1 saturated heterocycles. The minimum Gasteiger partial charge on any atom is -0.377 e. The summed E-state index contributed by atoms with van der Waals surface area (Å²) in [5.41, 5.74) is 4.08. The standard InChI is InChI=1S/C11H18O.2C2H6/c1-4-9(2)10(3)11-6-5-7-12-8-11;2*1-2/h2,4-8H2,1,3H3;2*1-2H3/b11-10+;;. The highest BCUT2D eigenvalue weighted by molar-refractivity contribution is 5.31. The zero-order valence-corrected chi connectivity index (χ0v) is 12.2. The molecule has 0 atom stereocenters. The Balaban J connectivity index is 0. The fourth-order valence-electron chi connectivity index (χ4n) is 1.47. The summed E-state index contributed by atoms with van der Waals surface area (Å²) in [6.07, 6.45) is 3.42. The van der Waals surface area contributed by atoms with Crippen LogP contribution in [0.25, 0.3) is 0 Å². The maximum Gasteiger partial charge on any atom is 0.0682 e. The Morgan fingerprint density at radius 2 is 1.81 bits per heavy atom. The van der Waals surface area contributed by atoms with E-state index >= 15 is 0 Å². The smallest absolute Gasteiger partial charge is 0.0682 e. The Morgan fingerprint density at radius 3 is 2.19 bits per heavy atom. The highest BCUT2D eigenvalue weighted by atomic mass is 16.5. The van der Waals surface area contributed by atoms with E-state index in [0.717, 1.165) is 19.6 Å². The molecule has 0 saturated carbocycles. The first-order valence-corrected chi connectivity index (χ1v) is 6.70. The van der Waals surface area contributed by atoms with Gasteiger partial charge < -0.3 is 4.74 Å². The van der Waals surface area contributed by atoms with Crippen molar-refractivity contribution in [2.45, 2.75) is 60.8 Å². The molecule has 1 rings (SSSR count). The van der Waals surface area contributed by atoms with Crippen molar-refractivity contribution in [3.63, 3.8) is 0 Å². The van der Waals surface area contributed by atoms with Gasteiger partial charge in [-0.2, -0.15) is 0 Å². The zero-order chi connectivity index (χ0) is 13.0. The maximum atomic E-state index is 5.40. The average Bonchev–Trinajstić information content (AvgIpc) is 2.42. The summed E-state index contributed by atoms with van der Waals surface area (Å²) in [7, 11) is 0. The lowest BCUT2D eigenvalue weighted by Gasteiger charge is -2.18. The molecule has 1 heteroatoms. The van der Waals surface area contributed by atoms with E-state index in [-0.39, 0.29) is 0 Å². The minimum atomic E-state index is 0.824. The quantitative estimate of drug-likeness (QED) is 0.634. The van der Waals surface area contributed by atoms with E-state index in [2.05, 4.69) is 20.4 Å². The Bertz CT molecular complexity index is 193. The van der Waals surface area contributed by atoms with Crippen LogP contribution in [0, 0.1) is 0 Å². The van der Waals surface area contributed by atoms with Crippen LogP contribution in [0.4, 0.5) is 0 Å². The second kappa shape index (κ2) is 12.5. The van der Waals surface area contributed by atoms with E-state index in [0.29, 0.717) is 0 Å². The Morgan fingerprint density at radius 1 is 1.25 bits per heavy atom. The SMILES string of the molecule is C=C(CC)/C(C)=C1\CCCOC1.CC.CC. The highest BCUT2D eigenvalue weighted by Crippen LogP contribution is 2.22. The van der Waals surface area contributed by atoms with Gasteiger partial charge in [-0.1, -0.05) is 46.8 Å². The van der Waals surface area contributed by atoms with E-state index < -0.39 is 0 Å². The van der Waals surface area contributed by atoms with Crippen molar-refractivity contribution >= 4 is 0 Å². The molecule has 1 fully saturated rings. The van der Waals surface area contributed by atoms with Gasteiger partial charge in [0.2, 0.25) is 0 Å². The average molecular weight is 226 g/mol. The lowest BCUT2D eigenvalue weighted by atomic mass is 9.97. The van der Waals surface area contributed by atoms with Crippen molar-refractivity contribution in [3.8, 4) is 0 Å². The molecule has 0 amide bonds. The minimum absolute atomic E-state index is 0.824. The van der Waals surface area contributed by atoms with Gasteiger partial charge in [0.05, 0.1) is 6.61 Å². The van der Waals surface area contributed by atoms with Crippen LogP contribution < -0.4 is 0 Å². The Hall–Kier alpha value is -0.560. The molecule has 0 aliphatic carbocycles. The van der Waals surface area contributed by atoms with E-state index in [1.165, 1.54) is 29.6 Å². The van der Waals surface area contributed by atoms with Gasteiger partial charge in [-0.25, -0.2) is 0 Å². The maximum absolute atomic E-state index is 5.40. The summed E-state index contributed by atoms with van der Waals surface area (Å²) in [6, 6.07) is 0. The van der Waals surface area contributed by atoms with Crippen molar-refractivity contribution in [3.05, 3.63) is 23.3 Å². The first-order valence-electron chi connectivity index (χ1n) is 6.70. The zero-order valence-electron chi connectivity index (χ0n) is 12.2. The van der Waals surface area contributed by atoms with Crippen LogP contribution in [0.1, 0.15) is 60.8 Å². The lowest BCUT2D eigenvalue weighted by molar-refractivity contribution is 0.129. The van der Waals surface area contributed by atoms with Gasteiger partial charge in [0.25, 0.3) is 0 Å². The Kier molecular flexibility index (Phi) is 13.9. The molecular weight excluding hydrogens is 196 g/mol. The van der Waals surface area contributed by atoms with Gasteiger partial charge in [0.1, 0.15) is 0 Å². The van der Waals surface area contributed by atoms with Gasteiger partial charge in [-0.15, -0.1) is 0 Å². The van der Waals surface area contributed by atoms with Crippen LogP contribution in [-0.4, -0.2) is 13.2 Å². The predicted octanol–water partition coefficient (Wildman–Crippen LogP) is 5.13. The molecule has 1 aliphatic heterocycles. The van der Waals surface area contributed by atoms with Crippen molar-refractivity contribution in [2.75, 3.05) is 13.2 Å². The summed E-state index contributed by atoms with van der Waals surface area (Å²) in [5.74, 6) is 0. The largest absolute Gasteiger partial charge is 0.377 e. The van der Waals surface area contributed by atoms with Crippen LogP contribution >= 0.6 is 0 Å². The summed E-state index contributed by atoms with van der Waals surface area (Å²) in [6.45, 7) is 18.1. The van der Waals surface area contributed by atoms with Gasteiger partial charge >= 0.3 is 0 Å². The van der Waals surface area contributed by atoms with Gasteiger partial charge in [0.15, 0.2) is 0 Å². The fraction of sp³-hybridized carbons (Fsp3) is 0.733. The van der Waals surface area contributed by atoms with Crippen LogP contribution in [0.5, 0.6) is 0 Å². The first kappa shape index (κ1) is 17.8. The van der Waals surface area contributed by atoms with E-state index in [1.54, 1.807) is 0 Å². The van der Waals surface area contributed by atoms with E-state index in [4.69, 9.17) is 4.74 Å². The predicted molar refractivity (Wildman–Crippen MR) is 74.9 cm³/mol. The third kappa shape index (κ3) is 6.84. The van der Waals surface area contributed by atoms with Crippen molar-refractivity contribution in [1.29, 1.82) is 0 Å². The molecule has 0 N–H and O–H groups in total. The first-order chi connectivity index (χ1) is 7.75. The van der Waals surface area contributed by atoms with Gasteiger partial charge in [-0.3, -0.25) is 0 Å². The lowest BCUT2D eigenvalue weighted by Crippen LogP contribution is -2.10. The number of hydrogen-bond acceptors (Lipinski definition) is 1. The Labute approximate surface area is 103 Å². The van der Waals surface area contributed by atoms with Crippen LogP contribution in [0.2, 0.25) is 0 Å². The molecule has 0 radical (unpaired) electrons. The third-order valence-electron chi connectivity index (χ3n) is 2.53. The van der Waals surface area contributed by atoms with Crippen LogP contribution in [0.15, 0.2) is 23.3 Å². The normalized spacial score (nSPS) is 17.4. The number of hydrogen-bond donors (Lipinski definition) is 0. The molecule has 96 valence electrons. The summed E-state index contributed by atoms with van der Waals surface area (Å²) < 4.78 is 5.40. The molecule has 1 aliphatic rings.